The first-order chi connectivity index (χ1) is 13.2. The number of carbonyl (C=O) groups is 1. The third-order valence-corrected chi connectivity index (χ3v) is 4.84. The minimum atomic E-state index is -0.119. The standard InChI is InChI=1S/C21H29N5O/c1-3-4-11-22-21(27)20-10-7-18(16-23-20)24-17-5-8-19(9-6-17)26-14-12-25(2)13-15-26/h5-10,16,24H,3-4,11-15H2,1-2H3,(H,22,27). The summed E-state index contributed by atoms with van der Waals surface area (Å²) in [6.07, 6.45) is 3.74. The summed E-state index contributed by atoms with van der Waals surface area (Å²) in [4.78, 5) is 21.0. The van der Waals surface area contributed by atoms with E-state index in [1.807, 2.05) is 6.07 Å². The van der Waals surface area contributed by atoms with E-state index in [-0.39, 0.29) is 5.91 Å². The smallest absolute Gasteiger partial charge is 0.269 e. The molecule has 1 amide bonds. The quantitative estimate of drug-likeness (QED) is 0.737. The Labute approximate surface area is 161 Å². The maximum absolute atomic E-state index is 12.0. The van der Waals surface area contributed by atoms with Crippen molar-refractivity contribution < 1.29 is 4.79 Å². The number of rotatable bonds is 7. The van der Waals surface area contributed by atoms with Crippen LogP contribution in [0.25, 0.3) is 0 Å². The normalized spacial score (nSPS) is 14.8. The Balaban J connectivity index is 1.55. The van der Waals surface area contributed by atoms with Crippen LogP contribution in [0.2, 0.25) is 0 Å². The number of piperazine rings is 1. The number of aromatic nitrogens is 1. The molecule has 1 aromatic carbocycles. The van der Waals surface area contributed by atoms with Crippen molar-refractivity contribution in [2.24, 2.45) is 0 Å². The average Bonchev–Trinajstić information content (AvgIpc) is 2.70. The molecular formula is C21H29N5O. The minimum Gasteiger partial charge on any atom is -0.369 e. The van der Waals surface area contributed by atoms with Gasteiger partial charge in [0, 0.05) is 44.1 Å². The van der Waals surface area contributed by atoms with Gasteiger partial charge in [0.15, 0.2) is 0 Å². The van der Waals surface area contributed by atoms with E-state index < -0.39 is 0 Å². The van der Waals surface area contributed by atoms with Crippen molar-refractivity contribution in [1.29, 1.82) is 0 Å². The highest BCUT2D eigenvalue weighted by atomic mass is 16.1. The van der Waals surface area contributed by atoms with E-state index in [1.54, 1.807) is 12.3 Å². The van der Waals surface area contributed by atoms with Gasteiger partial charge in [0.25, 0.3) is 5.91 Å². The third-order valence-electron chi connectivity index (χ3n) is 4.84. The van der Waals surface area contributed by atoms with Gasteiger partial charge in [-0.05, 0) is 49.9 Å². The van der Waals surface area contributed by atoms with Crippen LogP contribution in [0.3, 0.4) is 0 Å². The summed E-state index contributed by atoms with van der Waals surface area (Å²) in [6, 6.07) is 12.1. The fourth-order valence-electron chi connectivity index (χ4n) is 3.06. The van der Waals surface area contributed by atoms with Crippen LogP contribution in [0.15, 0.2) is 42.6 Å². The molecule has 144 valence electrons. The lowest BCUT2D eigenvalue weighted by atomic mass is 10.2. The maximum atomic E-state index is 12.0. The number of anilines is 3. The van der Waals surface area contributed by atoms with Gasteiger partial charge in [-0.2, -0.15) is 0 Å². The Morgan fingerprint density at radius 3 is 2.37 bits per heavy atom. The van der Waals surface area contributed by atoms with Crippen LogP contribution in [0.1, 0.15) is 30.3 Å². The lowest BCUT2D eigenvalue weighted by molar-refractivity contribution is 0.0948. The van der Waals surface area contributed by atoms with E-state index >= 15 is 0 Å². The van der Waals surface area contributed by atoms with Gasteiger partial charge in [-0.15, -0.1) is 0 Å². The zero-order chi connectivity index (χ0) is 19.1. The van der Waals surface area contributed by atoms with Crippen molar-refractivity contribution in [3.05, 3.63) is 48.3 Å². The number of hydrogen-bond acceptors (Lipinski definition) is 5. The molecule has 2 N–H and O–H groups in total. The van der Waals surface area contributed by atoms with Crippen LogP contribution in [-0.4, -0.2) is 55.6 Å². The molecule has 1 fully saturated rings. The number of nitrogens with zero attached hydrogens (tertiary/aromatic N) is 3. The largest absolute Gasteiger partial charge is 0.369 e. The molecule has 2 heterocycles. The molecule has 0 atom stereocenters. The van der Waals surface area contributed by atoms with Crippen molar-refractivity contribution in [3.63, 3.8) is 0 Å². The first kappa shape index (κ1) is 19.2. The van der Waals surface area contributed by atoms with Gasteiger partial charge in [0.1, 0.15) is 5.69 Å². The predicted molar refractivity (Wildman–Crippen MR) is 111 cm³/mol. The Hall–Kier alpha value is -2.60. The van der Waals surface area contributed by atoms with Gasteiger partial charge < -0.3 is 20.4 Å². The van der Waals surface area contributed by atoms with E-state index in [2.05, 4.69) is 63.7 Å². The molecule has 0 aliphatic carbocycles. The number of hydrogen-bond donors (Lipinski definition) is 2. The van der Waals surface area contributed by atoms with Gasteiger partial charge in [-0.1, -0.05) is 13.3 Å². The van der Waals surface area contributed by atoms with E-state index in [0.717, 1.165) is 50.4 Å². The fraction of sp³-hybridized carbons (Fsp3) is 0.429. The van der Waals surface area contributed by atoms with Crippen molar-refractivity contribution in [3.8, 4) is 0 Å². The van der Waals surface area contributed by atoms with E-state index in [0.29, 0.717) is 12.2 Å². The van der Waals surface area contributed by atoms with Crippen molar-refractivity contribution in [1.82, 2.24) is 15.2 Å². The molecule has 0 saturated carbocycles. The monoisotopic (exact) mass is 367 g/mol. The highest BCUT2D eigenvalue weighted by molar-refractivity contribution is 5.92. The summed E-state index contributed by atoms with van der Waals surface area (Å²) >= 11 is 0. The summed E-state index contributed by atoms with van der Waals surface area (Å²) in [5.41, 5.74) is 3.58. The van der Waals surface area contributed by atoms with Gasteiger partial charge in [-0.25, -0.2) is 4.98 Å². The number of carbonyl (C=O) groups excluding carboxylic acids is 1. The molecule has 1 aromatic heterocycles. The number of benzene rings is 1. The molecule has 0 radical (unpaired) electrons. The molecule has 1 aliphatic heterocycles. The molecule has 2 aromatic rings. The summed E-state index contributed by atoms with van der Waals surface area (Å²) < 4.78 is 0. The van der Waals surface area contributed by atoms with Crippen LogP contribution < -0.4 is 15.5 Å². The second kappa shape index (κ2) is 9.37. The molecule has 0 bridgehead atoms. The molecule has 0 unspecified atom stereocenters. The Bertz CT molecular complexity index is 721. The third kappa shape index (κ3) is 5.44. The van der Waals surface area contributed by atoms with Crippen LogP contribution in [0.5, 0.6) is 0 Å². The molecule has 1 aliphatic rings. The molecule has 6 nitrogen and oxygen atoms in total. The topological polar surface area (TPSA) is 60.5 Å². The Kier molecular flexibility index (Phi) is 6.65. The number of likely N-dealkylation sites (N-methyl/N-ethyl adjacent to an activating group) is 1. The van der Waals surface area contributed by atoms with Crippen molar-refractivity contribution >= 4 is 23.0 Å². The summed E-state index contributed by atoms with van der Waals surface area (Å²) in [6.45, 7) is 7.12. The predicted octanol–water partition coefficient (Wildman–Crippen LogP) is 3.11. The molecule has 6 heteroatoms. The Morgan fingerprint density at radius 1 is 1.04 bits per heavy atom. The van der Waals surface area contributed by atoms with Crippen LogP contribution in [-0.2, 0) is 0 Å². The summed E-state index contributed by atoms with van der Waals surface area (Å²) in [5, 5.41) is 6.22. The summed E-state index contributed by atoms with van der Waals surface area (Å²) in [7, 11) is 2.17. The van der Waals surface area contributed by atoms with Gasteiger partial charge in [0.2, 0.25) is 0 Å². The minimum absolute atomic E-state index is 0.119. The molecular weight excluding hydrogens is 338 g/mol. The SMILES string of the molecule is CCCCNC(=O)c1ccc(Nc2ccc(N3CCN(C)CC3)cc2)cn1. The van der Waals surface area contributed by atoms with Gasteiger partial charge >= 0.3 is 0 Å². The molecule has 1 saturated heterocycles. The van der Waals surface area contributed by atoms with E-state index in [1.165, 1.54) is 5.69 Å². The van der Waals surface area contributed by atoms with Crippen molar-refractivity contribution in [2.45, 2.75) is 19.8 Å². The van der Waals surface area contributed by atoms with Gasteiger partial charge in [0.05, 0.1) is 11.9 Å². The van der Waals surface area contributed by atoms with Crippen LogP contribution in [0, 0.1) is 0 Å². The second-order valence-corrected chi connectivity index (χ2v) is 7.00. The van der Waals surface area contributed by atoms with Gasteiger partial charge in [-0.3, -0.25) is 4.79 Å². The number of nitrogens with one attached hydrogen (secondary N) is 2. The average molecular weight is 367 g/mol. The van der Waals surface area contributed by atoms with E-state index in [4.69, 9.17) is 0 Å². The van der Waals surface area contributed by atoms with Crippen LogP contribution >= 0.6 is 0 Å². The first-order valence-electron chi connectivity index (χ1n) is 9.70. The highest BCUT2D eigenvalue weighted by Gasteiger charge is 2.14. The molecule has 0 spiro atoms. The van der Waals surface area contributed by atoms with Crippen LogP contribution in [0.4, 0.5) is 17.1 Å². The fourth-order valence-corrected chi connectivity index (χ4v) is 3.06. The Morgan fingerprint density at radius 2 is 1.74 bits per heavy atom. The number of amides is 1. The zero-order valence-corrected chi connectivity index (χ0v) is 16.2. The molecule has 27 heavy (non-hydrogen) atoms. The van der Waals surface area contributed by atoms with Crippen molar-refractivity contribution in [2.75, 3.05) is 50.0 Å². The second-order valence-electron chi connectivity index (χ2n) is 7.00. The highest BCUT2D eigenvalue weighted by Crippen LogP contribution is 2.22. The van der Waals surface area contributed by atoms with E-state index in [9.17, 15) is 4.79 Å². The maximum Gasteiger partial charge on any atom is 0.269 e. The number of pyridine rings is 1. The lowest BCUT2D eigenvalue weighted by Gasteiger charge is -2.34. The summed E-state index contributed by atoms with van der Waals surface area (Å²) in [5.74, 6) is -0.119. The number of unbranched alkanes of at least 4 members (excludes halogenated alkanes) is 1. The first-order valence-corrected chi connectivity index (χ1v) is 9.70. The zero-order valence-electron chi connectivity index (χ0n) is 16.2. The molecule has 3 rings (SSSR count). The lowest BCUT2D eigenvalue weighted by Crippen LogP contribution is -2.44.